The molecule has 1 aliphatic heterocycles. The van der Waals surface area contributed by atoms with Crippen LogP contribution in [-0.2, 0) is 4.79 Å². The van der Waals surface area contributed by atoms with E-state index in [1.807, 2.05) is 0 Å². The molecule has 2 rings (SSSR count). The summed E-state index contributed by atoms with van der Waals surface area (Å²) in [5.74, 6) is -0.192. The van der Waals surface area contributed by atoms with Crippen LogP contribution in [0.1, 0.15) is 12.0 Å². The van der Waals surface area contributed by atoms with Crippen molar-refractivity contribution in [2.24, 2.45) is 0 Å². The minimum atomic E-state index is -0.484. The molecule has 0 spiro atoms. The van der Waals surface area contributed by atoms with Crippen molar-refractivity contribution >= 4 is 44.8 Å². The smallest absolute Gasteiger partial charge is 0.294 e. The molecule has 1 aromatic carbocycles. The maximum Gasteiger partial charge on any atom is 0.294 e. The first-order valence-electron chi connectivity index (χ1n) is 5.29. The van der Waals surface area contributed by atoms with Crippen LogP contribution in [0.25, 0.3) is 0 Å². The fourth-order valence-electron chi connectivity index (χ4n) is 2.00. The molecule has 0 bridgehead atoms. The summed E-state index contributed by atoms with van der Waals surface area (Å²) in [7, 11) is 0. The molecule has 1 aliphatic rings. The van der Waals surface area contributed by atoms with Crippen LogP contribution >= 0.6 is 27.5 Å². The highest BCUT2D eigenvalue weighted by atomic mass is 79.9. The Morgan fingerprint density at radius 3 is 2.72 bits per heavy atom. The number of aryl methyl sites for hydroxylation is 1. The van der Waals surface area contributed by atoms with E-state index < -0.39 is 4.92 Å². The number of nitro benzene ring substituents is 1. The van der Waals surface area contributed by atoms with Crippen LogP contribution in [0.2, 0.25) is 0 Å². The van der Waals surface area contributed by atoms with E-state index in [9.17, 15) is 14.9 Å². The summed E-state index contributed by atoms with van der Waals surface area (Å²) in [6.45, 7) is 2.06. The number of carbonyl (C=O) groups excluding carboxylic acids is 1. The number of hydrogen-bond acceptors (Lipinski definition) is 3. The fraction of sp³-hybridized carbons (Fsp3) is 0.364. The Balaban J connectivity index is 2.56. The summed E-state index contributed by atoms with van der Waals surface area (Å²) in [5.41, 5.74) is 0.964. The van der Waals surface area contributed by atoms with Gasteiger partial charge < -0.3 is 4.90 Å². The van der Waals surface area contributed by atoms with Gasteiger partial charge in [-0.1, -0.05) is 0 Å². The second-order valence-corrected chi connectivity index (χ2v) is 5.65. The molecule has 1 fully saturated rings. The van der Waals surface area contributed by atoms with Crippen molar-refractivity contribution < 1.29 is 9.72 Å². The van der Waals surface area contributed by atoms with Crippen LogP contribution in [0.4, 0.5) is 11.4 Å². The molecular weight excluding hydrogens is 323 g/mol. The Bertz CT molecular complexity index is 535. The molecule has 0 saturated carbocycles. The Morgan fingerprint density at radius 2 is 2.22 bits per heavy atom. The lowest BCUT2D eigenvalue weighted by molar-refractivity contribution is -0.384. The number of nitro groups is 1. The van der Waals surface area contributed by atoms with Gasteiger partial charge in [0.25, 0.3) is 5.69 Å². The number of halogens is 2. The molecule has 1 atom stereocenters. The van der Waals surface area contributed by atoms with Crippen molar-refractivity contribution in [3.63, 3.8) is 0 Å². The van der Waals surface area contributed by atoms with Gasteiger partial charge in [-0.2, -0.15) is 0 Å². The van der Waals surface area contributed by atoms with Gasteiger partial charge in [0.1, 0.15) is 5.69 Å². The van der Waals surface area contributed by atoms with Crippen LogP contribution in [0, 0.1) is 17.0 Å². The van der Waals surface area contributed by atoms with Gasteiger partial charge in [0, 0.05) is 23.5 Å². The molecule has 0 aromatic heterocycles. The second-order valence-electron chi connectivity index (χ2n) is 4.18. The van der Waals surface area contributed by atoms with Crippen molar-refractivity contribution in [3.8, 4) is 0 Å². The first kappa shape index (κ1) is 13.3. The van der Waals surface area contributed by atoms with Gasteiger partial charge in [-0.05, 0) is 34.5 Å². The Kier molecular flexibility index (Phi) is 3.59. The Hall–Kier alpha value is -1.14. The summed E-state index contributed by atoms with van der Waals surface area (Å²) < 4.78 is 0.535. The van der Waals surface area contributed by atoms with Crippen molar-refractivity contribution in [2.45, 2.75) is 18.7 Å². The number of carbonyl (C=O) groups is 1. The van der Waals surface area contributed by atoms with Crippen molar-refractivity contribution in [1.29, 1.82) is 0 Å². The molecule has 0 radical (unpaired) electrons. The molecular formula is C11H10BrClN2O3. The first-order valence-corrected chi connectivity index (χ1v) is 6.52. The zero-order chi connectivity index (χ0) is 13.4. The van der Waals surface area contributed by atoms with Gasteiger partial charge in [0.05, 0.1) is 10.3 Å². The molecule has 1 saturated heterocycles. The van der Waals surface area contributed by atoms with Gasteiger partial charge in [-0.15, -0.1) is 11.6 Å². The Morgan fingerprint density at radius 1 is 1.56 bits per heavy atom. The molecule has 7 heteroatoms. The predicted octanol–water partition coefficient (Wildman–Crippen LogP) is 3.01. The molecule has 1 amide bonds. The maximum atomic E-state index is 11.8. The van der Waals surface area contributed by atoms with E-state index in [1.54, 1.807) is 13.0 Å². The van der Waals surface area contributed by atoms with E-state index in [1.165, 1.54) is 11.0 Å². The highest BCUT2D eigenvalue weighted by Gasteiger charge is 2.34. The van der Waals surface area contributed by atoms with Crippen LogP contribution < -0.4 is 4.90 Å². The van der Waals surface area contributed by atoms with E-state index in [0.717, 1.165) is 5.56 Å². The average Bonchev–Trinajstić information content (AvgIpc) is 2.56. The predicted molar refractivity (Wildman–Crippen MR) is 72.1 cm³/mol. The highest BCUT2D eigenvalue weighted by molar-refractivity contribution is 9.10. The molecule has 5 nitrogen and oxygen atoms in total. The molecule has 1 aromatic rings. The van der Waals surface area contributed by atoms with Gasteiger partial charge in [0.2, 0.25) is 5.91 Å². The zero-order valence-corrected chi connectivity index (χ0v) is 11.9. The maximum absolute atomic E-state index is 11.8. The average molecular weight is 334 g/mol. The number of benzene rings is 1. The van der Waals surface area contributed by atoms with E-state index in [4.69, 9.17) is 11.6 Å². The summed E-state index contributed by atoms with van der Waals surface area (Å²) in [6, 6.07) is 3.20. The molecule has 96 valence electrons. The summed E-state index contributed by atoms with van der Waals surface area (Å²) in [6.07, 6.45) is 0.207. The third-order valence-electron chi connectivity index (χ3n) is 2.73. The molecule has 18 heavy (non-hydrogen) atoms. The van der Waals surface area contributed by atoms with Crippen molar-refractivity contribution in [2.75, 3.05) is 11.4 Å². The monoisotopic (exact) mass is 332 g/mol. The number of amides is 1. The number of hydrogen-bond donors (Lipinski definition) is 0. The third-order valence-corrected chi connectivity index (χ3v) is 3.63. The summed E-state index contributed by atoms with van der Waals surface area (Å²) >= 11 is 9.20. The second kappa shape index (κ2) is 4.85. The number of rotatable bonds is 2. The third kappa shape index (κ3) is 2.35. The van der Waals surface area contributed by atoms with Crippen LogP contribution in [0.5, 0.6) is 0 Å². The fourth-order valence-corrected chi connectivity index (χ4v) is 3.05. The summed E-state index contributed by atoms with van der Waals surface area (Å²) in [5, 5.41) is 10.8. The zero-order valence-electron chi connectivity index (χ0n) is 9.52. The number of alkyl halides is 1. The lowest BCUT2D eigenvalue weighted by atomic mass is 10.2. The normalized spacial score (nSPS) is 19.4. The quantitative estimate of drug-likeness (QED) is 0.475. The summed E-state index contributed by atoms with van der Waals surface area (Å²) in [4.78, 5) is 23.8. The standard InChI is InChI=1S/C11H10BrClN2O3/c1-6-2-8(12)11(9(3-6)15(17)18)14-5-7(13)4-10(14)16/h2-3,7H,4-5H2,1H3. The molecule has 0 N–H and O–H groups in total. The lowest BCUT2D eigenvalue weighted by Gasteiger charge is -2.18. The van der Waals surface area contributed by atoms with Gasteiger partial charge in [0.15, 0.2) is 0 Å². The number of anilines is 1. The van der Waals surface area contributed by atoms with E-state index >= 15 is 0 Å². The highest BCUT2D eigenvalue weighted by Crippen LogP contribution is 2.39. The minimum Gasteiger partial charge on any atom is -0.304 e. The number of nitrogens with zero attached hydrogens (tertiary/aromatic N) is 2. The lowest BCUT2D eigenvalue weighted by Crippen LogP contribution is -2.26. The van der Waals surface area contributed by atoms with Gasteiger partial charge in [-0.3, -0.25) is 14.9 Å². The topological polar surface area (TPSA) is 63.5 Å². The molecule has 1 unspecified atom stereocenters. The minimum absolute atomic E-state index is 0.0824. The SMILES string of the molecule is Cc1cc(Br)c(N2CC(Cl)CC2=O)c([N+](=O)[O-])c1. The van der Waals surface area contributed by atoms with Crippen LogP contribution in [-0.4, -0.2) is 22.8 Å². The largest absolute Gasteiger partial charge is 0.304 e. The van der Waals surface area contributed by atoms with Crippen molar-refractivity contribution in [3.05, 3.63) is 32.3 Å². The van der Waals surface area contributed by atoms with Crippen LogP contribution in [0.3, 0.4) is 0 Å². The Labute approximate surface area is 117 Å². The molecule has 1 heterocycles. The molecule has 0 aliphatic carbocycles. The van der Waals surface area contributed by atoms with E-state index in [-0.39, 0.29) is 23.4 Å². The van der Waals surface area contributed by atoms with Crippen LogP contribution in [0.15, 0.2) is 16.6 Å². The first-order chi connectivity index (χ1) is 8.40. The van der Waals surface area contributed by atoms with Gasteiger partial charge >= 0.3 is 0 Å². The van der Waals surface area contributed by atoms with E-state index in [0.29, 0.717) is 16.7 Å². The van der Waals surface area contributed by atoms with Gasteiger partial charge in [-0.25, -0.2) is 0 Å². The van der Waals surface area contributed by atoms with E-state index in [2.05, 4.69) is 15.9 Å². The van der Waals surface area contributed by atoms with Crippen molar-refractivity contribution in [1.82, 2.24) is 0 Å².